The molecule has 0 unspecified atom stereocenters. The van der Waals surface area contributed by atoms with Crippen molar-refractivity contribution in [2.75, 3.05) is 5.73 Å². The van der Waals surface area contributed by atoms with Gasteiger partial charge in [0.1, 0.15) is 11.3 Å². The van der Waals surface area contributed by atoms with E-state index >= 15 is 0 Å². The van der Waals surface area contributed by atoms with E-state index in [9.17, 15) is 10.1 Å². The summed E-state index contributed by atoms with van der Waals surface area (Å²) >= 11 is 11.0. The minimum absolute atomic E-state index is 0. The highest BCUT2D eigenvalue weighted by atomic mass is 35.5. The molecule has 19 heavy (non-hydrogen) atoms. The molecular formula is C8H11Cl3N6O2. The number of nitrogens with two attached hydrogens (primary N) is 1. The average Bonchev–Trinajstić information content (AvgIpc) is 2.79. The SMILES string of the molecule is Cl.Cn1ncc(N)c1Cl.Cn1ncc([N+](=O)[O-])c1Cl. The molecule has 2 aromatic rings. The Labute approximate surface area is 124 Å². The molecule has 0 spiro atoms. The second-order valence-electron chi connectivity index (χ2n) is 3.22. The number of halogens is 3. The summed E-state index contributed by atoms with van der Waals surface area (Å²) in [5.74, 6) is 0. The van der Waals surface area contributed by atoms with Crippen molar-refractivity contribution in [1.82, 2.24) is 19.6 Å². The highest BCUT2D eigenvalue weighted by Crippen LogP contribution is 2.21. The Morgan fingerprint density at radius 1 is 1.21 bits per heavy atom. The van der Waals surface area contributed by atoms with Crippen molar-refractivity contribution in [3.63, 3.8) is 0 Å². The Kier molecular flexibility index (Phi) is 6.60. The molecule has 0 aliphatic rings. The summed E-state index contributed by atoms with van der Waals surface area (Å²) < 4.78 is 2.75. The van der Waals surface area contributed by atoms with Gasteiger partial charge in [-0.15, -0.1) is 12.4 Å². The zero-order valence-electron chi connectivity index (χ0n) is 9.95. The minimum Gasteiger partial charge on any atom is -0.395 e. The van der Waals surface area contributed by atoms with E-state index in [2.05, 4.69) is 10.2 Å². The van der Waals surface area contributed by atoms with Gasteiger partial charge in [-0.1, -0.05) is 23.2 Å². The maximum absolute atomic E-state index is 10.1. The van der Waals surface area contributed by atoms with E-state index < -0.39 is 4.92 Å². The lowest BCUT2D eigenvalue weighted by Crippen LogP contribution is -1.90. The number of rotatable bonds is 1. The van der Waals surface area contributed by atoms with Gasteiger partial charge < -0.3 is 5.73 Å². The van der Waals surface area contributed by atoms with Crippen molar-refractivity contribution in [3.8, 4) is 0 Å². The molecule has 2 rings (SSSR count). The Bertz CT molecular complexity index is 547. The first-order chi connectivity index (χ1) is 8.34. The van der Waals surface area contributed by atoms with Crippen molar-refractivity contribution in [2.45, 2.75) is 0 Å². The standard InChI is InChI=1S/C4H4ClN3O2.C4H6ClN3.ClH/c1-7-4(5)3(2-6-7)8(9)10;1-8-4(5)3(6)2-7-8;/h2H,1H3;2H,6H2,1H3;1H. The number of anilines is 1. The summed E-state index contributed by atoms with van der Waals surface area (Å²) in [7, 11) is 3.27. The summed E-state index contributed by atoms with van der Waals surface area (Å²) in [5.41, 5.74) is 5.68. The molecule has 2 N–H and O–H groups in total. The third-order valence-corrected chi connectivity index (χ3v) is 2.84. The molecule has 0 saturated heterocycles. The third-order valence-electron chi connectivity index (χ3n) is 1.94. The number of nitrogen functional groups attached to an aromatic ring is 1. The van der Waals surface area contributed by atoms with Gasteiger partial charge in [-0.3, -0.25) is 19.5 Å². The first-order valence-corrected chi connectivity index (χ1v) is 5.35. The molecule has 0 radical (unpaired) electrons. The van der Waals surface area contributed by atoms with Gasteiger partial charge in [0.15, 0.2) is 0 Å². The van der Waals surface area contributed by atoms with E-state index in [-0.39, 0.29) is 23.2 Å². The van der Waals surface area contributed by atoms with Crippen molar-refractivity contribution < 1.29 is 4.92 Å². The second-order valence-corrected chi connectivity index (χ2v) is 3.93. The molecule has 11 heteroatoms. The summed E-state index contributed by atoms with van der Waals surface area (Å²) in [5, 5.41) is 18.0. The normalized spacial score (nSPS) is 9.26. The summed E-state index contributed by atoms with van der Waals surface area (Å²) in [6.07, 6.45) is 2.63. The Balaban J connectivity index is 0.000000331. The van der Waals surface area contributed by atoms with Crippen LogP contribution in [0.3, 0.4) is 0 Å². The largest absolute Gasteiger partial charge is 0.395 e. The molecule has 0 aromatic carbocycles. The molecule has 0 bridgehead atoms. The van der Waals surface area contributed by atoms with Gasteiger partial charge in [0.2, 0.25) is 5.15 Å². The number of hydrogen-bond donors (Lipinski definition) is 1. The number of aromatic nitrogens is 4. The Morgan fingerprint density at radius 2 is 1.68 bits per heavy atom. The molecule has 0 fully saturated rings. The fraction of sp³-hybridized carbons (Fsp3) is 0.250. The van der Waals surface area contributed by atoms with Gasteiger partial charge in [-0.2, -0.15) is 10.2 Å². The molecule has 0 aliphatic heterocycles. The summed E-state index contributed by atoms with van der Waals surface area (Å²) in [6, 6.07) is 0. The predicted octanol–water partition coefficient (Wildman–Crippen LogP) is 2.06. The van der Waals surface area contributed by atoms with Crippen molar-refractivity contribution >= 4 is 47.0 Å². The Hall–Kier alpha value is -1.51. The monoisotopic (exact) mass is 328 g/mol. The van der Waals surface area contributed by atoms with Gasteiger partial charge in [0, 0.05) is 14.1 Å². The van der Waals surface area contributed by atoms with E-state index in [1.165, 1.54) is 22.6 Å². The topological polar surface area (TPSA) is 105 Å². The number of aryl methyl sites for hydroxylation is 2. The minimum atomic E-state index is -0.574. The maximum Gasteiger partial charge on any atom is 0.325 e. The molecule has 0 amide bonds. The average molecular weight is 330 g/mol. The third kappa shape index (κ3) is 4.27. The van der Waals surface area contributed by atoms with Crippen LogP contribution in [0, 0.1) is 10.1 Å². The van der Waals surface area contributed by atoms with Crippen LogP contribution in [0.5, 0.6) is 0 Å². The highest BCUT2D eigenvalue weighted by molar-refractivity contribution is 6.32. The zero-order valence-corrected chi connectivity index (χ0v) is 12.3. The lowest BCUT2D eigenvalue weighted by molar-refractivity contribution is -0.384. The first kappa shape index (κ1) is 17.5. The van der Waals surface area contributed by atoms with E-state index in [1.54, 1.807) is 7.05 Å². The number of hydrogen-bond acceptors (Lipinski definition) is 5. The Morgan fingerprint density at radius 3 is 1.84 bits per heavy atom. The van der Waals surface area contributed by atoms with Crippen LogP contribution in [0.4, 0.5) is 11.4 Å². The molecule has 2 heterocycles. The van der Waals surface area contributed by atoms with Gasteiger partial charge in [0.05, 0.1) is 16.8 Å². The van der Waals surface area contributed by atoms with Crippen molar-refractivity contribution in [3.05, 3.63) is 32.8 Å². The first-order valence-electron chi connectivity index (χ1n) is 4.59. The molecule has 0 atom stereocenters. The molecule has 0 saturated carbocycles. The van der Waals surface area contributed by atoms with Crippen LogP contribution in [0.1, 0.15) is 0 Å². The highest BCUT2D eigenvalue weighted by Gasteiger charge is 2.15. The summed E-state index contributed by atoms with van der Waals surface area (Å²) in [6.45, 7) is 0. The van der Waals surface area contributed by atoms with E-state index in [1.807, 2.05) is 0 Å². The van der Waals surface area contributed by atoms with Gasteiger partial charge >= 0.3 is 5.69 Å². The fourth-order valence-electron chi connectivity index (χ4n) is 0.973. The molecule has 106 valence electrons. The zero-order chi connectivity index (χ0) is 13.9. The van der Waals surface area contributed by atoms with Crippen LogP contribution in [0.2, 0.25) is 10.3 Å². The van der Waals surface area contributed by atoms with Crippen LogP contribution in [0.15, 0.2) is 12.4 Å². The van der Waals surface area contributed by atoms with Crippen molar-refractivity contribution in [2.24, 2.45) is 14.1 Å². The van der Waals surface area contributed by atoms with Gasteiger partial charge in [0.25, 0.3) is 0 Å². The van der Waals surface area contributed by atoms with Crippen LogP contribution < -0.4 is 5.73 Å². The molecular weight excluding hydrogens is 318 g/mol. The van der Waals surface area contributed by atoms with E-state index in [0.717, 1.165) is 6.20 Å². The van der Waals surface area contributed by atoms with E-state index in [4.69, 9.17) is 28.9 Å². The fourth-order valence-corrected chi connectivity index (χ4v) is 1.23. The van der Waals surface area contributed by atoms with Crippen molar-refractivity contribution in [1.29, 1.82) is 0 Å². The molecule has 8 nitrogen and oxygen atoms in total. The van der Waals surface area contributed by atoms with Gasteiger partial charge in [-0.05, 0) is 0 Å². The maximum atomic E-state index is 10.1. The predicted molar refractivity (Wildman–Crippen MR) is 74.8 cm³/mol. The van der Waals surface area contributed by atoms with Crippen LogP contribution >= 0.6 is 35.6 Å². The lowest BCUT2D eigenvalue weighted by Gasteiger charge is -1.87. The van der Waals surface area contributed by atoms with E-state index in [0.29, 0.717) is 10.8 Å². The number of nitrogens with zero attached hydrogens (tertiary/aromatic N) is 5. The lowest BCUT2D eigenvalue weighted by atomic mass is 10.6. The second kappa shape index (κ2) is 7.17. The quantitative estimate of drug-likeness (QED) is 0.637. The molecule has 0 aliphatic carbocycles. The summed E-state index contributed by atoms with van der Waals surface area (Å²) in [4.78, 5) is 9.53. The van der Waals surface area contributed by atoms with Crippen LogP contribution in [0.25, 0.3) is 0 Å². The molecule has 2 aromatic heterocycles. The number of nitro groups is 1. The van der Waals surface area contributed by atoms with Crippen LogP contribution in [-0.4, -0.2) is 24.5 Å². The van der Waals surface area contributed by atoms with Crippen LogP contribution in [-0.2, 0) is 14.1 Å². The van der Waals surface area contributed by atoms with Gasteiger partial charge in [-0.25, -0.2) is 0 Å². The smallest absolute Gasteiger partial charge is 0.325 e.